The van der Waals surface area contributed by atoms with Gasteiger partial charge in [0.25, 0.3) is 0 Å². The van der Waals surface area contributed by atoms with E-state index in [1.165, 1.54) is 0 Å². The summed E-state index contributed by atoms with van der Waals surface area (Å²) in [6.07, 6.45) is 2.09. The van der Waals surface area contributed by atoms with Crippen LogP contribution in [0.4, 0.5) is 0 Å². The first-order valence-electron chi connectivity index (χ1n) is 1.24. The first-order valence-corrected chi connectivity index (χ1v) is 1.24. The Labute approximate surface area is 35.1 Å². The van der Waals surface area contributed by atoms with Gasteiger partial charge in [-0.3, -0.25) is 0 Å². The van der Waals surface area contributed by atoms with Crippen molar-refractivity contribution in [1.29, 1.82) is 5.41 Å². The van der Waals surface area contributed by atoms with E-state index >= 15 is 0 Å². The normalized spacial score (nSPS) is 7.33. The predicted octanol–water partition coefficient (Wildman–Crippen LogP) is -0.326. The maximum atomic E-state index is 9.23. The largest absolute Gasteiger partial charge is 0.370 e. The van der Waals surface area contributed by atoms with E-state index in [1.54, 1.807) is 6.42 Å². The topological polar surface area (TPSA) is 60.8 Å². The first kappa shape index (κ1) is 5.14. The van der Waals surface area contributed by atoms with Gasteiger partial charge < -0.3 is 5.41 Å². The summed E-state index contributed by atoms with van der Waals surface area (Å²) in [5.41, 5.74) is 0. The van der Waals surface area contributed by atoms with Gasteiger partial charge in [0.15, 0.2) is 6.42 Å². The average molecular weight is 84.1 g/mol. The molecule has 0 aromatic rings. The van der Waals surface area contributed by atoms with Crippen LogP contribution in [0.5, 0.6) is 0 Å². The van der Waals surface area contributed by atoms with Gasteiger partial charge in [0.2, 0.25) is 0 Å². The summed E-state index contributed by atoms with van der Waals surface area (Å²) in [5, 5.41) is 15.3. The number of nitrogens with one attached hydrogen (secondary N) is 1. The van der Waals surface area contributed by atoms with Crippen molar-refractivity contribution in [2.45, 2.75) is 0 Å². The molecule has 0 aliphatic heterocycles. The summed E-state index contributed by atoms with van der Waals surface area (Å²) in [6.45, 7) is 0. The van der Waals surface area contributed by atoms with E-state index in [-0.39, 0.29) is 0 Å². The van der Waals surface area contributed by atoms with Crippen molar-refractivity contribution in [3.8, 4) is 0 Å². The molecule has 0 fully saturated rings. The van der Waals surface area contributed by atoms with Crippen LogP contribution in [0.25, 0.3) is 0 Å². The molecule has 0 amide bonds. The van der Waals surface area contributed by atoms with Crippen molar-refractivity contribution >= 4 is 12.2 Å². The SMILES string of the molecule is N=C[C]C([O])=O. The van der Waals surface area contributed by atoms with Crippen LogP contribution in [-0.4, -0.2) is 12.2 Å². The summed E-state index contributed by atoms with van der Waals surface area (Å²) in [7, 11) is 0. The number of hydrogen-bond donors (Lipinski definition) is 1. The molecule has 0 saturated heterocycles. The molecule has 6 heavy (non-hydrogen) atoms. The number of hydrogen-bond acceptors (Lipinski definition) is 2. The monoisotopic (exact) mass is 84.0 g/mol. The Morgan fingerprint density at radius 2 is 2.33 bits per heavy atom. The van der Waals surface area contributed by atoms with Crippen LogP contribution in [0.15, 0.2) is 0 Å². The number of rotatable bonds is 2. The lowest BCUT2D eigenvalue weighted by molar-refractivity contribution is -0.138. The fourth-order valence-electron chi connectivity index (χ4n) is 0.0589. The van der Waals surface area contributed by atoms with E-state index in [4.69, 9.17) is 5.41 Å². The Morgan fingerprint density at radius 1 is 1.83 bits per heavy atom. The van der Waals surface area contributed by atoms with Crippen molar-refractivity contribution in [1.82, 2.24) is 0 Å². The molecule has 1 N–H and O–H groups in total. The second-order valence-electron chi connectivity index (χ2n) is 0.576. The Kier molecular flexibility index (Phi) is 2.04. The predicted molar refractivity (Wildman–Crippen MR) is 17.7 cm³/mol. The lowest BCUT2D eigenvalue weighted by Crippen LogP contribution is -1.91. The van der Waals surface area contributed by atoms with Crippen LogP contribution in [-0.2, 0) is 9.90 Å². The smallest absolute Gasteiger partial charge is 0.312 e. The van der Waals surface area contributed by atoms with Gasteiger partial charge in [-0.25, -0.2) is 9.90 Å². The molecule has 0 saturated carbocycles. The zero-order valence-electron chi connectivity index (χ0n) is 2.89. The maximum Gasteiger partial charge on any atom is 0.370 e. The van der Waals surface area contributed by atoms with Gasteiger partial charge >= 0.3 is 5.97 Å². The highest BCUT2D eigenvalue weighted by atomic mass is 16.4. The third kappa shape index (κ3) is 3.14. The van der Waals surface area contributed by atoms with Crippen LogP contribution in [0, 0.1) is 11.8 Å². The van der Waals surface area contributed by atoms with Crippen molar-refractivity contribution in [2.75, 3.05) is 0 Å². The van der Waals surface area contributed by atoms with Gasteiger partial charge in [0, 0.05) is 6.21 Å². The Morgan fingerprint density at radius 3 is 2.33 bits per heavy atom. The van der Waals surface area contributed by atoms with Gasteiger partial charge in [0.1, 0.15) is 0 Å². The fraction of sp³-hybridized carbons (Fsp3) is 0. The van der Waals surface area contributed by atoms with Crippen molar-refractivity contribution in [2.24, 2.45) is 0 Å². The summed E-state index contributed by atoms with van der Waals surface area (Å²) in [4.78, 5) is 9.23. The molecule has 0 spiro atoms. The Balaban J connectivity index is 3.05. The summed E-state index contributed by atoms with van der Waals surface area (Å²) in [6, 6.07) is 0. The van der Waals surface area contributed by atoms with Gasteiger partial charge in [-0.05, 0) is 0 Å². The molecule has 0 rings (SSSR count). The molecule has 3 radical (unpaired) electrons. The Bertz CT molecular complexity index is 69.2. The van der Waals surface area contributed by atoms with Crippen LogP contribution >= 0.6 is 0 Å². The van der Waals surface area contributed by atoms with Gasteiger partial charge in [-0.1, -0.05) is 0 Å². The van der Waals surface area contributed by atoms with Gasteiger partial charge in [-0.15, -0.1) is 0 Å². The lowest BCUT2D eigenvalue weighted by atomic mass is 10.5. The van der Waals surface area contributed by atoms with Gasteiger partial charge in [0.05, 0.1) is 0 Å². The summed E-state index contributed by atoms with van der Waals surface area (Å²) < 4.78 is 0. The van der Waals surface area contributed by atoms with Crippen LogP contribution < -0.4 is 0 Å². The molecule has 0 aromatic carbocycles. The van der Waals surface area contributed by atoms with E-state index in [1.807, 2.05) is 0 Å². The molecule has 3 heteroatoms. The summed E-state index contributed by atoms with van der Waals surface area (Å²) in [5.74, 6) is -1.45. The molecule has 31 valence electrons. The second kappa shape index (κ2) is 2.38. The zero-order valence-corrected chi connectivity index (χ0v) is 2.89. The third-order valence-electron chi connectivity index (χ3n) is 0.190. The molecule has 0 aromatic heterocycles. The van der Waals surface area contributed by atoms with Crippen LogP contribution in [0.2, 0.25) is 0 Å². The molecule has 0 aliphatic rings. The second-order valence-corrected chi connectivity index (χ2v) is 0.576. The zero-order chi connectivity index (χ0) is 4.99. The molecule has 0 bridgehead atoms. The highest BCUT2D eigenvalue weighted by Crippen LogP contribution is 1.64. The molecule has 0 heterocycles. The molecular formula is C3H2NO2. The maximum absolute atomic E-state index is 9.23. The van der Waals surface area contributed by atoms with Gasteiger partial charge in [-0.2, -0.15) is 0 Å². The van der Waals surface area contributed by atoms with Crippen LogP contribution in [0.1, 0.15) is 0 Å². The van der Waals surface area contributed by atoms with Crippen molar-refractivity contribution in [3.05, 3.63) is 6.42 Å². The van der Waals surface area contributed by atoms with E-state index < -0.39 is 5.97 Å². The molecular weight excluding hydrogens is 82.0 g/mol. The molecule has 0 atom stereocenters. The standard InChI is InChI=1S/C3H2NO2/c4-2-1-3(5)6/h2,4H. The first-order chi connectivity index (χ1) is 2.77. The fourth-order valence-corrected chi connectivity index (χ4v) is 0.0589. The number of carbonyl (C=O) groups is 1. The van der Waals surface area contributed by atoms with Crippen molar-refractivity contribution < 1.29 is 9.90 Å². The van der Waals surface area contributed by atoms with E-state index in [0.29, 0.717) is 6.21 Å². The minimum atomic E-state index is -1.45. The lowest BCUT2D eigenvalue weighted by Gasteiger charge is -1.66. The molecule has 0 unspecified atom stereocenters. The van der Waals surface area contributed by atoms with E-state index in [9.17, 15) is 9.90 Å². The third-order valence-corrected chi connectivity index (χ3v) is 0.190. The highest BCUT2D eigenvalue weighted by Gasteiger charge is 1.92. The number of carbonyl (C=O) groups excluding carboxylic acids is 1. The quantitative estimate of drug-likeness (QED) is 0.457. The van der Waals surface area contributed by atoms with E-state index in [0.717, 1.165) is 0 Å². The van der Waals surface area contributed by atoms with E-state index in [2.05, 4.69) is 0 Å². The Hall–Kier alpha value is -0.860. The summed E-state index contributed by atoms with van der Waals surface area (Å²) >= 11 is 0. The van der Waals surface area contributed by atoms with Crippen LogP contribution in [0.3, 0.4) is 0 Å². The highest BCUT2D eigenvalue weighted by molar-refractivity contribution is 5.95. The molecule has 0 aliphatic carbocycles. The minimum Gasteiger partial charge on any atom is -0.312 e. The minimum absolute atomic E-state index is 0.537. The average Bonchev–Trinajstić information content (AvgIpc) is 1.35. The van der Waals surface area contributed by atoms with Crippen molar-refractivity contribution in [3.63, 3.8) is 0 Å². The molecule has 3 nitrogen and oxygen atoms in total.